The predicted octanol–water partition coefficient (Wildman–Crippen LogP) is 2.28. The summed E-state index contributed by atoms with van der Waals surface area (Å²) in [7, 11) is 0. The normalized spacial score (nSPS) is 13.9. The predicted molar refractivity (Wildman–Crippen MR) is 81.0 cm³/mol. The van der Waals surface area contributed by atoms with E-state index in [9.17, 15) is 4.79 Å². The highest BCUT2D eigenvalue weighted by Crippen LogP contribution is 2.25. The van der Waals surface area contributed by atoms with Gasteiger partial charge in [0.25, 0.3) is 0 Å². The van der Waals surface area contributed by atoms with Crippen LogP contribution in [0.1, 0.15) is 46.2 Å². The first-order chi connectivity index (χ1) is 9.31. The maximum Gasteiger partial charge on any atom is 0.225 e. The maximum atomic E-state index is 12.0. The lowest BCUT2D eigenvalue weighted by Gasteiger charge is -2.22. The highest BCUT2D eigenvalue weighted by Gasteiger charge is 2.18. The van der Waals surface area contributed by atoms with Crippen LogP contribution in [0, 0.1) is 11.3 Å². The smallest absolute Gasteiger partial charge is 0.225 e. The fourth-order valence-corrected chi connectivity index (χ4v) is 2.28. The van der Waals surface area contributed by atoms with Crippen LogP contribution in [0.15, 0.2) is 29.5 Å². The summed E-state index contributed by atoms with van der Waals surface area (Å²) in [5, 5.41) is 6.33. The summed E-state index contributed by atoms with van der Waals surface area (Å²) in [6.07, 6.45) is 3.07. The van der Waals surface area contributed by atoms with Crippen LogP contribution in [-0.2, 0) is 4.79 Å². The summed E-state index contributed by atoms with van der Waals surface area (Å²) in [4.78, 5) is 16.1. The Bertz CT molecular complexity index is 463. The van der Waals surface area contributed by atoms with Crippen molar-refractivity contribution >= 4 is 11.7 Å². The Morgan fingerprint density at radius 1 is 1.45 bits per heavy atom. The molecule has 0 aliphatic rings. The van der Waals surface area contributed by atoms with Crippen molar-refractivity contribution in [2.45, 2.75) is 40.5 Å². The fourth-order valence-electron chi connectivity index (χ4n) is 2.28. The van der Waals surface area contributed by atoms with E-state index in [1.165, 1.54) is 0 Å². The van der Waals surface area contributed by atoms with Gasteiger partial charge in [0.2, 0.25) is 5.91 Å². The lowest BCUT2D eigenvalue weighted by Crippen LogP contribution is -2.34. The molecule has 0 aliphatic heterocycles. The minimum atomic E-state index is -0.0865. The molecule has 1 amide bonds. The number of rotatable bonds is 4. The van der Waals surface area contributed by atoms with Gasteiger partial charge in [-0.1, -0.05) is 33.8 Å². The molecule has 0 saturated heterocycles. The molecule has 1 unspecified atom stereocenters. The first-order valence-corrected chi connectivity index (χ1v) is 6.81. The summed E-state index contributed by atoms with van der Waals surface area (Å²) in [6.45, 7) is 8.58. The van der Waals surface area contributed by atoms with Crippen LogP contribution in [-0.4, -0.2) is 16.7 Å². The quantitative estimate of drug-likeness (QED) is 0.383. The number of hydrogen-bond acceptors (Lipinski definition) is 4. The van der Waals surface area contributed by atoms with Gasteiger partial charge < -0.3 is 11.2 Å². The van der Waals surface area contributed by atoms with Gasteiger partial charge in [-0.15, -0.1) is 0 Å². The summed E-state index contributed by atoms with van der Waals surface area (Å²) >= 11 is 0. The molecule has 0 bridgehead atoms. The highest BCUT2D eigenvalue weighted by molar-refractivity contribution is 6.06. The Kier molecular flexibility index (Phi) is 5.67. The second kappa shape index (κ2) is 7.03. The number of pyridine rings is 1. The molecular weight excluding hydrogens is 252 g/mol. The SMILES string of the molecule is CC(CC(=O)N/C(=N/N)c1ccccn1)CC(C)(C)C. The fraction of sp³-hybridized carbons (Fsp3) is 0.533. The molecule has 0 saturated carbocycles. The molecule has 3 N–H and O–H groups in total. The molecule has 0 aromatic carbocycles. The molecular formula is C15H24N4O. The van der Waals surface area contributed by atoms with Crippen molar-refractivity contribution in [1.82, 2.24) is 10.3 Å². The lowest BCUT2D eigenvalue weighted by molar-refractivity contribution is -0.120. The van der Waals surface area contributed by atoms with E-state index in [1.807, 2.05) is 6.07 Å². The second-order valence-corrected chi connectivity index (χ2v) is 6.31. The molecule has 1 rings (SSSR count). The van der Waals surface area contributed by atoms with Gasteiger partial charge >= 0.3 is 0 Å². The van der Waals surface area contributed by atoms with Gasteiger partial charge in [-0.3, -0.25) is 9.78 Å². The molecule has 0 radical (unpaired) electrons. The number of hydrazone groups is 1. The Morgan fingerprint density at radius 3 is 2.65 bits per heavy atom. The summed E-state index contributed by atoms with van der Waals surface area (Å²) < 4.78 is 0. The van der Waals surface area contributed by atoms with Crippen LogP contribution < -0.4 is 11.2 Å². The minimum absolute atomic E-state index is 0.0865. The van der Waals surface area contributed by atoms with E-state index in [4.69, 9.17) is 5.84 Å². The van der Waals surface area contributed by atoms with Crippen LogP contribution in [0.5, 0.6) is 0 Å². The van der Waals surface area contributed by atoms with Crippen molar-refractivity contribution in [3.8, 4) is 0 Å². The monoisotopic (exact) mass is 276 g/mol. The van der Waals surface area contributed by atoms with Crippen molar-refractivity contribution < 1.29 is 4.79 Å². The molecule has 5 heteroatoms. The lowest BCUT2D eigenvalue weighted by atomic mass is 9.84. The Labute approximate surface area is 120 Å². The number of aromatic nitrogens is 1. The first-order valence-electron chi connectivity index (χ1n) is 6.81. The number of carbonyl (C=O) groups is 1. The molecule has 0 spiro atoms. The molecule has 0 fully saturated rings. The number of hydrogen-bond donors (Lipinski definition) is 2. The van der Waals surface area contributed by atoms with Gasteiger partial charge in [0.15, 0.2) is 5.84 Å². The zero-order valence-electron chi connectivity index (χ0n) is 12.7. The number of nitrogens with two attached hydrogens (primary N) is 1. The molecule has 1 aromatic rings. The van der Waals surface area contributed by atoms with Crippen molar-refractivity contribution in [2.75, 3.05) is 0 Å². The number of amidine groups is 1. The van der Waals surface area contributed by atoms with Gasteiger partial charge in [0.1, 0.15) is 5.69 Å². The van der Waals surface area contributed by atoms with E-state index in [0.29, 0.717) is 23.9 Å². The zero-order valence-corrected chi connectivity index (χ0v) is 12.7. The maximum absolute atomic E-state index is 12.0. The third-order valence-electron chi connectivity index (χ3n) is 2.79. The third-order valence-corrected chi connectivity index (χ3v) is 2.79. The van der Waals surface area contributed by atoms with Crippen LogP contribution in [0.25, 0.3) is 0 Å². The zero-order chi connectivity index (χ0) is 15.2. The average molecular weight is 276 g/mol. The van der Waals surface area contributed by atoms with Crippen molar-refractivity contribution in [1.29, 1.82) is 0 Å². The van der Waals surface area contributed by atoms with Crippen molar-refractivity contribution in [3.63, 3.8) is 0 Å². The van der Waals surface area contributed by atoms with E-state index in [-0.39, 0.29) is 11.3 Å². The van der Waals surface area contributed by atoms with Gasteiger partial charge in [-0.25, -0.2) is 0 Å². The summed E-state index contributed by atoms with van der Waals surface area (Å²) in [5.74, 6) is 5.84. The Morgan fingerprint density at radius 2 is 2.15 bits per heavy atom. The van der Waals surface area contributed by atoms with Crippen molar-refractivity contribution in [3.05, 3.63) is 30.1 Å². The van der Waals surface area contributed by atoms with E-state index in [2.05, 4.69) is 43.1 Å². The second-order valence-electron chi connectivity index (χ2n) is 6.31. The minimum Gasteiger partial charge on any atom is -0.321 e. The average Bonchev–Trinajstić information content (AvgIpc) is 2.34. The van der Waals surface area contributed by atoms with Gasteiger partial charge in [0.05, 0.1) is 0 Å². The van der Waals surface area contributed by atoms with E-state index in [0.717, 1.165) is 6.42 Å². The summed E-state index contributed by atoms with van der Waals surface area (Å²) in [6, 6.07) is 5.37. The van der Waals surface area contributed by atoms with E-state index >= 15 is 0 Å². The van der Waals surface area contributed by atoms with Gasteiger partial charge in [-0.05, 0) is 29.9 Å². The van der Waals surface area contributed by atoms with Crippen LogP contribution in [0.4, 0.5) is 0 Å². The molecule has 0 aliphatic carbocycles. The van der Waals surface area contributed by atoms with E-state index < -0.39 is 0 Å². The number of nitrogens with zero attached hydrogens (tertiary/aromatic N) is 2. The number of nitrogens with one attached hydrogen (secondary N) is 1. The molecule has 110 valence electrons. The van der Waals surface area contributed by atoms with Crippen LogP contribution in [0.3, 0.4) is 0 Å². The Hall–Kier alpha value is -1.91. The van der Waals surface area contributed by atoms with Crippen LogP contribution >= 0.6 is 0 Å². The molecule has 1 aromatic heterocycles. The first kappa shape index (κ1) is 16.1. The molecule has 1 heterocycles. The van der Waals surface area contributed by atoms with E-state index in [1.54, 1.807) is 18.3 Å². The van der Waals surface area contributed by atoms with Crippen molar-refractivity contribution in [2.24, 2.45) is 22.3 Å². The topological polar surface area (TPSA) is 80.4 Å². The standard InChI is InChI=1S/C15H24N4O/c1-11(10-15(2,3)4)9-13(20)18-14(19-16)12-7-5-6-8-17-12/h5-8,11H,9-10,16H2,1-4H3,(H,18,19,20). The third kappa shape index (κ3) is 5.82. The summed E-state index contributed by atoms with van der Waals surface area (Å²) in [5.41, 5.74) is 0.776. The molecule has 5 nitrogen and oxygen atoms in total. The number of amides is 1. The molecule has 1 atom stereocenters. The molecule has 20 heavy (non-hydrogen) atoms. The van der Waals surface area contributed by atoms with Crippen LogP contribution in [0.2, 0.25) is 0 Å². The largest absolute Gasteiger partial charge is 0.321 e. The van der Waals surface area contributed by atoms with Gasteiger partial charge in [0, 0.05) is 12.6 Å². The highest BCUT2D eigenvalue weighted by atomic mass is 16.1. The number of carbonyl (C=O) groups excluding carboxylic acids is 1. The van der Waals surface area contributed by atoms with Gasteiger partial charge in [-0.2, -0.15) is 5.10 Å². The Balaban J connectivity index is 2.57.